The smallest absolute Gasteiger partial charge is 0.191 e. The number of rotatable bonds is 1. The highest BCUT2D eigenvalue weighted by Crippen LogP contribution is 2.20. The summed E-state index contributed by atoms with van der Waals surface area (Å²) >= 11 is 0. The van der Waals surface area contributed by atoms with Gasteiger partial charge >= 0.3 is 0 Å². The molecule has 3 heteroatoms. The molecule has 1 heterocycles. The van der Waals surface area contributed by atoms with Crippen LogP contribution in [0.2, 0.25) is 0 Å². The summed E-state index contributed by atoms with van der Waals surface area (Å²) in [5.74, 6) is 0. The van der Waals surface area contributed by atoms with Gasteiger partial charge in [0.2, 0.25) is 0 Å². The Balaban J connectivity index is 2.92. The largest absolute Gasteiger partial charge is 0.377 e. The number of anilines is 1. The molecule has 0 amide bonds. The average Bonchev–Trinajstić information content (AvgIpc) is 2.16. The standard InChI is InChI=1S/C12H14N2O/c1-8-7-11(15)12-9(13-8)5-4-6-10(12)14(2)3/h4-7H,1-3H3,(H,13,15). The van der Waals surface area contributed by atoms with Gasteiger partial charge in [0.1, 0.15) is 0 Å². The zero-order valence-electron chi connectivity index (χ0n) is 9.16. The van der Waals surface area contributed by atoms with Crippen LogP contribution in [0.1, 0.15) is 5.69 Å². The number of aromatic amines is 1. The lowest BCUT2D eigenvalue weighted by atomic mass is 10.1. The fraction of sp³-hybridized carbons (Fsp3) is 0.250. The van der Waals surface area contributed by atoms with E-state index in [1.165, 1.54) is 0 Å². The average molecular weight is 202 g/mol. The lowest BCUT2D eigenvalue weighted by molar-refractivity contribution is 1.14. The van der Waals surface area contributed by atoms with Gasteiger partial charge in [-0.05, 0) is 19.1 Å². The summed E-state index contributed by atoms with van der Waals surface area (Å²) in [7, 11) is 3.88. The molecule has 1 N–H and O–H groups in total. The van der Waals surface area contributed by atoms with Crippen LogP contribution in [0.25, 0.3) is 10.9 Å². The van der Waals surface area contributed by atoms with Crippen LogP contribution in [0.3, 0.4) is 0 Å². The first-order valence-corrected chi connectivity index (χ1v) is 4.89. The van der Waals surface area contributed by atoms with Crippen LogP contribution in [-0.2, 0) is 0 Å². The van der Waals surface area contributed by atoms with Gasteiger partial charge in [-0.25, -0.2) is 0 Å². The summed E-state index contributed by atoms with van der Waals surface area (Å²) in [6, 6.07) is 7.46. The minimum Gasteiger partial charge on any atom is -0.377 e. The fourth-order valence-corrected chi connectivity index (χ4v) is 1.79. The molecule has 2 rings (SSSR count). The number of pyridine rings is 1. The third kappa shape index (κ3) is 1.61. The van der Waals surface area contributed by atoms with Crippen molar-refractivity contribution >= 4 is 16.6 Å². The Bertz CT molecular complexity index is 555. The second-order valence-corrected chi connectivity index (χ2v) is 3.91. The van der Waals surface area contributed by atoms with Crippen molar-refractivity contribution in [1.29, 1.82) is 0 Å². The van der Waals surface area contributed by atoms with Crippen LogP contribution in [0.4, 0.5) is 5.69 Å². The molecular weight excluding hydrogens is 188 g/mol. The Morgan fingerprint density at radius 1 is 1.27 bits per heavy atom. The molecule has 15 heavy (non-hydrogen) atoms. The summed E-state index contributed by atoms with van der Waals surface area (Å²) in [5.41, 5.74) is 2.81. The molecule has 0 unspecified atom stereocenters. The van der Waals surface area contributed by atoms with Gasteiger partial charge in [-0.1, -0.05) is 6.07 Å². The van der Waals surface area contributed by atoms with E-state index in [1.54, 1.807) is 6.07 Å². The van der Waals surface area contributed by atoms with Crippen molar-refractivity contribution in [3.05, 3.63) is 40.2 Å². The molecule has 0 saturated heterocycles. The third-order valence-corrected chi connectivity index (χ3v) is 2.45. The summed E-state index contributed by atoms with van der Waals surface area (Å²) in [6.07, 6.45) is 0. The van der Waals surface area contributed by atoms with E-state index in [-0.39, 0.29) is 5.43 Å². The van der Waals surface area contributed by atoms with Crippen LogP contribution in [0, 0.1) is 6.92 Å². The molecule has 0 aliphatic carbocycles. The van der Waals surface area contributed by atoms with Crippen molar-refractivity contribution in [2.75, 3.05) is 19.0 Å². The summed E-state index contributed by atoms with van der Waals surface area (Å²) in [6.45, 7) is 1.89. The SMILES string of the molecule is Cc1cc(=O)c2c(N(C)C)cccc2[nH]1. The molecule has 1 aromatic carbocycles. The quantitative estimate of drug-likeness (QED) is 0.766. The maximum atomic E-state index is 11.9. The first-order valence-electron chi connectivity index (χ1n) is 4.89. The van der Waals surface area contributed by atoms with Gasteiger partial charge in [-0.2, -0.15) is 0 Å². The first-order chi connectivity index (χ1) is 7.09. The Kier molecular flexibility index (Phi) is 2.23. The van der Waals surface area contributed by atoms with Crippen molar-refractivity contribution in [2.45, 2.75) is 6.92 Å². The highest BCUT2D eigenvalue weighted by Gasteiger charge is 2.06. The van der Waals surface area contributed by atoms with Crippen molar-refractivity contribution < 1.29 is 0 Å². The van der Waals surface area contributed by atoms with E-state index in [2.05, 4.69) is 4.98 Å². The van der Waals surface area contributed by atoms with Gasteiger partial charge in [-0.3, -0.25) is 4.79 Å². The van der Waals surface area contributed by atoms with Crippen LogP contribution in [0.5, 0.6) is 0 Å². The second-order valence-electron chi connectivity index (χ2n) is 3.91. The van der Waals surface area contributed by atoms with Gasteiger partial charge in [-0.15, -0.1) is 0 Å². The second kappa shape index (κ2) is 3.42. The molecule has 0 radical (unpaired) electrons. The van der Waals surface area contributed by atoms with E-state index < -0.39 is 0 Å². The number of benzene rings is 1. The van der Waals surface area contributed by atoms with E-state index in [1.807, 2.05) is 44.1 Å². The molecule has 3 nitrogen and oxygen atoms in total. The lowest BCUT2D eigenvalue weighted by Gasteiger charge is -2.14. The number of H-pyrrole nitrogens is 1. The maximum absolute atomic E-state index is 11.9. The van der Waals surface area contributed by atoms with Crippen molar-refractivity contribution in [2.24, 2.45) is 0 Å². The highest BCUT2D eigenvalue weighted by atomic mass is 16.1. The van der Waals surface area contributed by atoms with Crippen LogP contribution in [-0.4, -0.2) is 19.1 Å². The van der Waals surface area contributed by atoms with Gasteiger partial charge in [0.05, 0.1) is 10.9 Å². The number of aromatic nitrogens is 1. The fourth-order valence-electron chi connectivity index (χ4n) is 1.79. The van der Waals surface area contributed by atoms with E-state index in [4.69, 9.17) is 0 Å². The number of hydrogen-bond donors (Lipinski definition) is 1. The van der Waals surface area contributed by atoms with Crippen molar-refractivity contribution in [3.63, 3.8) is 0 Å². The number of aryl methyl sites for hydroxylation is 1. The summed E-state index contributed by atoms with van der Waals surface area (Å²) in [5, 5.41) is 0.758. The molecule has 0 spiro atoms. The van der Waals surface area contributed by atoms with E-state index in [9.17, 15) is 4.79 Å². The predicted octanol–water partition coefficient (Wildman–Crippen LogP) is 1.90. The molecule has 0 saturated carbocycles. The molecular formula is C12H14N2O. The zero-order chi connectivity index (χ0) is 11.0. The molecule has 78 valence electrons. The monoisotopic (exact) mass is 202 g/mol. The van der Waals surface area contributed by atoms with E-state index >= 15 is 0 Å². The number of nitrogens with one attached hydrogen (secondary N) is 1. The van der Waals surface area contributed by atoms with Crippen molar-refractivity contribution in [1.82, 2.24) is 4.98 Å². The molecule has 0 bridgehead atoms. The Morgan fingerprint density at radius 2 is 2.00 bits per heavy atom. The minimum absolute atomic E-state index is 0.0746. The third-order valence-electron chi connectivity index (χ3n) is 2.45. The molecule has 0 fully saturated rings. The van der Waals surface area contributed by atoms with Gasteiger partial charge in [0, 0.05) is 31.5 Å². The number of fused-ring (bicyclic) bond motifs is 1. The van der Waals surface area contributed by atoms with Crippen LogP contribution in [0.15, 0.2) is 29.1 Å². The van der Waals surface area contributed by atoms with E-state index in [0.717, 1.165) is 22.3 Å². The lowest BCUT2D eigenvalue weighted by Crippen LogP contribution is -2.13. The number of hydrogen-bond acceptors (Lipinski definition) is 2. The van der Waals surface area contributed by atoms with Crippen LogP contribution >= 0.6 is 0 Å². The Labute approximate surface area is 88.3 Å². The van der Waals surface area contributed by atoms with E-state index in [0.29, 0.717) is 0 Å². The number of nitrogens with zero attached hydrogens (tertiary/aromatic N) is 1. The Morgan fingerprint density at radius 3 is 2.67 bits per heavy atom. The van der Waals surface area contributed by atoms with Crippen molar-refractivity contribution in [3.8, 4) is 0 Å². The van der Waals surface area contributed by atoms with Gasteiger partial charge in [0.25, 0.3) is 0 Å². The van der Waals surface area contributed by atoms with Crippen LogP contribution < -0.4 is 10.3 Å². The molecule has 0 atom stereocenters. The van der Waals surface area contributed by atoms with Gasteiger partial charge < -0.3 is 9.88 Å². The normalized spacial score (nSPS) is 10.6. The maximum Gasteiger partial charge on any atom is 0.191 e. The minimum atomic E-state index is 0.0746. The molecule has 1 aromatic heterocycles. The Hall–Kier alpha value is -1.77. The summed E-state index contributed by atoms with van der Waals surface area (Å²) < 4.78 is 0. The highest BCUT2D eigenvalue weighted by molar-refractivity contribution is 5.91. The zero-order valence-corrected chi connectivity index (χ0v) is 9.16. The molecule has 0 aliphatic rings. The first kappa shape index (κ1) is 9.77. The molecule has 0 aliphatic heterocycles. The predicted molar refractivity (Wildman–Crippen MR) is 63.6 cm³/mol. The van der Waals surface area contributed by atoms with Gasteiger partial charge in [0.15, 0.2) is 5.43 Å². The summed E-state index contributed by atoms with van der Waals surface area (Å²) in [4.78, 5) is 17.0. The topological polar surface area (TPSA) is 36.1 Å². The molecule has 2 aromatic rings.